The first-order chi connectivity index (χ1) is 8.24. The molecule has 0 aromatic rings. The van der Waals surface area contributed by atoms with E-state index >= 15 is 0 Å². The largest absolute Gasteiger partial charge is 0.469 e. The molecule has 0 amide bonds. The van der Waals surface area contributed by atoms with E-state index in [2.05, 4.69) is 16.6 Å². The third kappa shape index (κ3) is 10.6. The third-order valence-corrected chi connectivity index (χ3v) is 3.42. The van der Waals surface area contributed by atoms with Gasteiger partial charge in [-0.2, -0.15) is 11.8 Å². The van der Waals surface area contributed by atoms with E-state index in [1.54, 1.807) is 7.11 Å². The predicted octanol–water partition coefficient (Wildman–Crippen LogP) is 1.64. The number of thioether (sulfide) groups is 1. The summed E-state index contributed by atoms with van der Waals surface area (Å²) >= 11 is 1.95. The molecule has 0 aliphatic rings. The fourth-order valence-electron chi connectivity index (χ4n) is 1.44. The first-order valence-corrected chi connectivity index (χ1v) is 7.25. The van der Waals surface area contributed by atoms with Gasteiger partial charge in [-0.25, -0.2) is 0 Å². The molecule has 0 spiro atoms. The number of nitrogens with zero attached hydrogens (tertiary/aromatic N) is 1. The van der Waals surface area contributed by atoms with Gasteiger partial charge in [-0.1, -0.05) is 6.92 Å². The van der Waals surface area contributed by atoms with Crippen LogP contribution in [0.5, 0.6) is 0 Å². The number of carbonyl (C=O) groups is 1. The van der Waals surface area contributed by atoms with Gasteiger partial charge in [-0.3, -0.25) is 4.79 Å². The third-order valence-electron chi connectivity index (χ3n) is 2.44. The molecular formula is C12H25NO3S. The zero-order valence-electron chi connectivity index (χ0n) is 11.2. The van der Waals surface area contributed by atoms with Gasteiger partial charge in [0.05, 0.1) is 20.1 Å². The van der Waals surface area contributed by atoms with Crippen molar-refractivity contribution < 1.29 is 14.3 Å². The normalized spacial score (nSPS) is 10.8. The molecule has 0 saturated heterocycles. The highest BCUT2D eigenvalue weighted by Gasteiger charge is 2.07. The lowest BCUT2D eigenvalue weighted by Gasteiger charge is -2.21. The van der Waals surface area contributed by atoms with Gasteiger partial charge in [0.15, 0.2) is 0 Å². The summed E-state index contributed by atoms with van der Waals surface area (Å²) in [6.07, 6.45) is 1.62. The van der Waals surface area contributed by atoms with Crippen LogP contribution in [0.1, 0.15) is 19.8 Å². The van der Waals surface area contributed by atoms with Crippen molar-refractivity contribution in [2.75, 3.05) is 52.0 Å². The molecule has 0 aromatic carbocycles. The van der Waals surface area contributed by atoms with Crippen LogP contribution in [0, 0.1) is 0 Å². The Bertz CT molecular complexity index is 191. The summed E-state index contributed by atoms with van der Waals surface area (Å²) in [5.74, 6) is 2.20. The molecule has 17 heavy (non-hydrogen) atoms. The Balaban J connectivity index is 3.74. The Kier molecular flexibility index (Phi) is 12.0. The first kappa shape index (κ1) is 16.7. The maximum absolute atomic E-state index is 11.1. The minimum absolute atomic E-state index is 0.143. The van der Waals surface area contributed by atoms with Gasteiger partial charge in [0.1, 0.15) is 0 Å². The second-order valence-corrected chi connectivity index (χ2v) is 5.10. The summed E-state index contributed by atoms with van der Waals surface area (Å²) in [4.78, 5) is 13.3. The molecule has 0 aromatic heterocycles. The molecule has 0 bridgehead atoms. The fourth-order valence-corrected chi connectivity index (χ4v) is 2.06. The topological polar surface area (TPSA) is 38.8 Å². The van der Waals surface area contributed by atoms with E-state index < -0.39 is 0 Å². The molecule has 5 heteroatoms. The van der Waals surface area contributed by atoms with Crippen molar-refractivity contribution in [1.82, 2.24) is 4.90 Å². The lowest BCUT2D eigenvalue weighted by molar-refractivity contribution is -0.141. The average molecular weight is 263 g/mol. The van der Waals surface area contributed by atoms with Crippen LogP contribution >= 0.6 is 11.8 Å². The van der Waals surface area contributed by atoms with Crippen LogP contribution in [-0.4, -0.2) is 62.8 Å². The van der Waals surface area contributed by atoms with Crippen molar-refractivity contribution in [2.24, 2.45) is 0 Å². The number of hydrogen-bond donors (Lipinski definition) is 0. The quantitative estimate of drug-likeness (QED) is 0.418. The van der Waals surface area contributed by atoms with E-state index in [-0.39, 0.29) is 5.97 Å². The standard InChI is InChI=1S/C12H25NO3S/c1-4-17-11-5-7-13(9-10-15-2)8-6-12(14)16-3/h4-11H2,1-3H3. The Labute approximate surface area is 109 Å². The molecule has 0 fully saturated rings. The molecule has 0 atom stereocenters. The van der Waals surface area contributed by atoms with Gasteiger partial charge in [0.25, 0.3) is 0 Å². The summed E-state index contributed by atoms with van der Waals surface area (Å²) in [5, 5.41) is 0. The summed E-state index contributed by atoms with van der Waals surface area (Å²) in [7, 11) is 3.13. The van der Waals surface area contributed by atoms with Gasteiger partial charge in [-0.15, -0.1) is 0 Å². The van der Waals surface area contributed by atoms with Crippen LogP contribution in [0.3, 0.4) is 0 Å². The molecule has 0 N–H and O–H groups in total. The molecule has 0 aliphatic heterocycles. The fraction of sp³-hybridized carbons (Fsp3) is 0.917. The minimum atomic E-state index is -0.143. The van der Waals surface area contributed by atoms with E-state index in [0.29, 0.717) is 13.0 Å². The van der Waals surface area contributed by atoms with Gasteiger partial charge < -0.3 is 14.4 Å². The lowest BCUT2D eigenvalue weighted by atomic mass is 10.3. The van der Waals surface area contributed by atoms with Crippen molar-refractivity contribution in [3.8, 4) is 0 Å². The van der Waals surface area contributed by atoms with E-state index in [4.69, 9.17) is 4.74 Å². The molecule has 4 nitrogen and oxygen atoms in total. The van der Waals surface area contributed by atoms with Crippen LogP contribution in [0.2, 0.25) is 0 Å². The first-order valence-electron chi connectivity index (χ1n) is 6.10. The second kappa shape index (κ2) is 12.2. The molecule has 102 valence electrons. The number of methoxy groups -OCH3 is 2. The Hall–Kier alpha value is -0.260. The molecular weight excluding hydrogens is 238 g/mol. The van der Waals surface area contributed by atoms with Crippen LogP contribution in [0.25, 0.3) is 0 Å². The predicted molar refractivity (Wildman–Crippen MR) is 72.6 cm³/mol. The zero-order chi connectivity index (χ0) is 12.9. The van der Waals surface area contributed by atoms with E-state index in [1.165, 1.54) is 18.6 Å². The average Bonchev–Trinajstić information content (AvgIpc) is 2.36. The highest BCUT2D eigenvalue weighted by molar-refractivity contribution is 7.99. The van der Waals surface area contributed by atoms with E-state index in [9.17, 15) is 4.79 Å². The van der Waals surface area contributed by atoms with Gasteiger partial charge in [0.2, 0.25) is 0 Å². The number of rotatable bonds is 11. The minimum Gasteiger partial charge on any atom is -0.469 e. The van der Waals surface area contributed by atoms with Crippen molar-refractivity contribution in [1.29, 1.82) is 0 Å². The van der Waals surface area contributed by atoms with Crippen molar-refractivity contribution >= 4 is 17.7 Å². The molecule has 0 aliphatic carbocycles. The maximum Gasteiger partial charge on any atom is 0.306 e. The summed E-state index contributed by atoms with van der Waals surface area (Å²) < 4.78 is 9.72. The van der Waals surface area contributed by atoms with Crippen molar-refractivity contribution in [3.63, 3.8) is 0 Å². The Morgan fingerprint density at radius 1 is 1.24 bits per heavy atom. The van der Waals surface area contributed by atoms with Crippen LogP contribution < -0.4 is 0 Å². The van der Waals surface area contributed by atoms with E-state index in [1.807, 2.05) is 11.8 Å². The summed E-state index contributed by atoms with van der Waals surface area (Å²) in [6, 6.07) is 0. The number of carbonyl (C=O) groups excluding carboxylic acids is 1. The molecule has 0 heterocycles. The smallest absolute Gasteiger partial charge is 0.306 e. The summed E-state index contributed by atoms with van der Waals surface area (Å²) in [5.41, 5.74) is 0. The zero-order valence-corrected chi connectivity index (χ0v) is 12.1. The number of esters is 1. The molecule has 0 rings (SSSR count). The van der Waals surface area contributed by atoms with Gasteiger partial charge in [-0.05, 0) is 24.5 Å². The highest BCUT2D eigenvalue weighted by atomic mass is 32.2. The molecule has 0 unspecified atom stereocenters. The lowest BCUT2D eigenvalue weighted by Crippen LogP contribution is -2.31. The Morgan fingerprint density at radius 2 is 2.00 bits per heavy atom. The van der Waals surface area contributed by atoms with Crippen molar-refractivity contribution in [3.05, 3.63) is 0 Å². The highest BCUT2D eigenvalue weighted by Crippen LogP contribution is 2.03. The van der Waals surface area contributed by atoms with Crippen molar-refractivity contribution in [2.45, 2.75) is 19.8 Å². The second-order valence-electron chi connectivity index (χ2n) is 3.71. The summed E-state index contributed by atoms with van der Waals surface area (Å²) in [6.45, 7) is 5.54. The molecule has 0 radical (unpaired) electrons. The monoisotopic (exact) mass is 263 g/mol. The van der Waals surface area contributed by atoms with Gasteiger partial charge >= 0.3 is 5.97 Å². The van der Waals surface area contributed by atoms with Crippen LogP contribution in [0.15, 0.2) is 0 Å². The van der Waals surface area contributed by atoms with E-state index in [0.717, 1.165) is 26.1 Å². The maximum atomic E-state index is 11.1. The molecule has 0 saturated carbocycles. The van der Waals surface area contributed by atoms with Gasteiger partial charge in [0, 0.05) is 20.2 Å². The Morgan fingerprint density at radius 3 is 2.59 bits per heavy atom. The van der Waals surface area contributed by atoms with Crippen LogP contribution in [0.4, 0.5) is 0 Å². The SMILES string of the molecule is CCSCCCN(CCOC)CCC(=O)OC. The van der Waals surface area contributed by atoms with Crippen LogP contribution in [-0.2, 0) is 14.3 Å². The number of hydrogen-bond acceptors (Lipinski definition) is 5. The number of ether oxygens (including phenoxy) is 2.